The predicted molar refractivity (Wildman–Crippen MR) is 108 cm³/mol. The normalized spacial score (nSPS) is 15.7. The van der Waals surface area contributed by atoms with Crippen molar-refractivity contribution >= 4 is 29.4 Å². The number of aliphatic imine (C=N–C) groups is 1. The van der Waals surface area contributed by atoms with Gasteiger partial charge in [-0.05, 0) is 38.5 Å². The molecule has 0 radical (unpaired) electrons. The molecular formula is C19H28ClN5O2. The monoisotopic (exact) mass is 393 g/mol. The van der Waals surface area contributed by atoms with Crippen molar-refractivity contribution < 1.29 is 9.59 Å². The summed E-state index contributed by atoms with van der Waals surface area (Å²) in [4.78, 5) is 32.4. The summed E-state index contributed by atoms with van der Waals surface area (Å²) in [6, 6.07) is 7.50. The topological polar surface area (TPSA) is 77.0 Å². The SMILES string of the molecule is CN=C(NCC(=O)NC(C)(C)C)N1CCN(Cc2ccc(Cl)cc2)C(=O)C1. The average molecular weight is 394 g/mol. The van der Waals surface area contributed by atoms with Gasteiger partial charge < -0.3 is 20.4 Å². The van der Waals surface area contributed by atoms with E-state index in [2.05, 4.69) is 15.6 Å². The van der Waals surface area contributed by atoms with E-state index in [1.54, 1.807) is 7.05 Å². The van der Waals surface area contributed by atoms with Gasteiger partial charge in [-0.2, -0.15) is 0 Å². The maximum atomic E-state index is 12.5. The molecule has 1 saturated heterocycles. The van der Waals surface area contributed by atoms with Crippen LogP contribution in [0.25, 0.3) is 0 Å². The fraction of sp³-hybridized carbons (Fsp3) is 0.526. The molecule has 0 aliphatic carbocycles. The first-order valence-corrected chi connectivity index (χ1v) is 9.34. The zero-order valence-corrected chi connectivity index (χ0v) is 17.1. The highest BCUT2D eigenvalue weighted by Crippen LogP contribution is 2.13. The van der Waals surface area contributed by atoms with Crippen LogP contribution in [0, 0.1) is 0 Å². The lowest BCUT2D eigenvalue weighted by Gasteiger charge is -2.36. The fourth-order valence-corrected chi connectivity index (χ4v) is 2.95. The number of amides is 2. The summed E-state index contributed by atoms with van der Waals surface area (Å²) in [5, 5.41) is 6.60. The molecule has 7 nitrogen and oxygen atoms in total. The average Bonchev–Trinajstić information content (AvgIpc) is 2.58. The summed E-state index contributed by atoms with van der Waals surface area (Å²) in [6.07, 6.45) is 0. The number of carbonyl (C=O) groups is 2. The third kappa shape index (κ3) is 6.75. The summed E-state index contributed by atoms with van der Waals surface area (Å²) in [5.74, 6) is 0.466. The molecule has 1 aliphatic heterocycles. The van der Waals surface area contributed by atoms with Gasteiger partial charge in [0.2, 0.25) is 11.8 Å². The van der Waals surface area contributed by atoms with Gasteiger partial charge in [0.15, 0.2) is 5.96 Å². The molecule has 0 unspecified atom stereocenters. The Kier molecular flexibility index (Phi) is 7.07. The molecule has 1 aromatic rings. The Balaban J connectivity index is 1.86. The van der Waals surface area contributed by atoms with E-state index in [9.17, 15) is 9.59 Å². The molecule has 0 aromatic heterocycles. The summed E-state index contributed by atoms with van der Waals surface area (Å²) in [7, 11) is 1.65. The summed E-state index contributed by atoms with van der Waals surface area (Å²) in [5.41, 5.74) is 0.758. The maximum Gasteiger partial charge on any atom is 0.242 e. The van der Waals surface area contributed by atoms with Gasteiger partial charge in [-0.25, -0.2) is 0 Å². The molecule has 0 saturated carbocycles. The van der Waals surface area contributed by atoms with Crippen LogP contribution in [0.2, 0.25) is 5.02 Å². The number of nitrogens with zero attached hydrogens (tertiary/aromatic N) is 3. The molecule has 2 rings (SSSR count). The Labute approximate surface area is 165 Å². The second kappa shape index (κ2) is 9.08. The molecule has 2 amide bonds. The highest BCUT2D eigenvalue weighted by Gasteiger charge is 2.26. The Morgan fingerprint density at radius 2 is 1.89 bits per heavy atom. The lowest BCUT2D eigenvalue weighted by atomic mass is 10.1. The second-order valence-corrected chi connectivity index (χ2v) is 8.00. The van der Waals surface area contributed by atoms with Gasteiger partial charge in [0.05, 0.1) is 13.1 Å². The van der Waals surface area contributed by atoms with Gasteiger partial charge in [0, 0.05) is 37.2 Å². The van der Waals surface area contributed by atoms with Crippen molar-refractivity contribution in [1.82, 2.24) is 20.4 Å². The number of benzene rings is 1. The Morgan fingerprint density at radius 3 is 2.44 bits per heavy atom. The molecule has 2 N–H and O–H groups in total. The first-order valence-electron chi connectivity index (χ1n) is 8.97. The number of hydrogen-bond acceptors (Lipinski definition) is 3. The third-order valence-electron chi connectivity index (χ3n) is 4.04. The van der Waals surface area contributed by atoms with Crippen LogP contribution in [0.5, 0.6) is 0 Å². The molecule has 8 heteroatoms. The standard InChI is InChI=1S/C19H28ClN5O2/c1-19(2,3)23-16(26)11-22-18(21-4)25-10-9-24(17(27)13-25)12-14-5-7-15(20)8-6-14/h5-8H,9-13H2,1-4H3,(H,21,22)(H,23,26). The Hall–Kier alpha value is -2.28. The minimum atomic E-state index is -0.286. The van der Waals surface area contributed by atoms with E-state index in [-0.39, 0.29) is 30.4 Å². The second-order valence-electron chi connectivity index (χ2n) is 7.56. The molecule has 0 atom stereocenters. The maximum absolute atomic E-state index is 12.5. The minimum Gasteiger partial charge on any atom is -0.350 e. The lowest BCUT2D eigenvalue weighted by Crippen LogP contribution is -2.56. The van der Waals surface area contributed by atoms with Crippen LogP contribution in [-0.4, -0.2) is 66.3 Å². The molecule has 1 aromatic carbocycles. The Bertz CT molecular complexity index is 697. The highest BCUT2D eigenvalue weighted by molar-refractivity contribution is 6.30. The lowest BCUT2D eigenvalue weighted by molar-refractivity contribution is -0.135. The Morgan fingerprint density at radius 1 is 1.22 bits per heavy atom. The van der Waals surface area contributed by atoms with Crippen LogP contribution in [0.4, 0.5) is 0 Å². The van der Waals surface area contributed by atoms with E-state index in [0.717, 1.165) is 5.56 Å². The number of halogens is 1. The van der Waals surface area contributed by atoms with E-state index in [1.807, 2.05) is 54.8 Å². The van der Waals surface area contributed by atoms with E-state index in [0.29, 0.717) is 30.6 Å². The van der Waals surface area contributed by atoms with Crippen molar-refractivity contribution in [3.63, 3.8) is 0 Å². The van der Waals surface area contributed by atoms with Gasteiger partial charge in [-0.3, -0.25) is 14.6 Å². The number of rotatable bonds is 4. The molecule has 148 valence electrons. The quantitative estimate of drug-likeness (QED) is 0.600. The number of nitrogens with one attached hydrogen (secondary N) is 2. The van der Waals surface area contributed by atoms with Gasteiger partial charge in [-0.15, -0.1) is 0 Å². The zero-order valence-electron chi connectivity index (χ0n) is 16.4. The van der Waals surface area contributed by atoms with Gasteiger partial charge >= 0.3 is 0 Å². The first-order chi connectivity index (χ1) is 12.7. The third-order valence-corrected chi connectivity index (χ3v) is 4.29. The highest BCUT2D eigenvalue weighted by atomic mass is 35.5. The van der Waals surface area contributed by atoms with Crippen LogP contribution >= 0.6 is 11.6 Å². The van der Waals surface area contributed by atoms with Crippen LogP contribution in [-0.2, 0) is 16.1 Å². The molecule has 27 heavy (non-hydrogen) atoms. The van der Waals surface area contributed by atoms with E-state index < -0.39 is 0 Å². The fourth-order valence-electron chi connectivity index (χ4n) is 2.82. The van der Waals surface area contributed by atoms with Gasteiger partial charge in [-0.1, -0.05) is 23.7 Å². The first kappa shape index (κ1) is 21.0. The summed E-state index contributed by atoms with van der Waals surface area (Å²) >= 11 is 5.90. The smallest absolute Gasteiger partial charge is 0.242 e. The summed E-state index contributed by atoms with van der Waals surface area (Å²) < 4.78 is 0. The van der Waals surface area contributed by atoms with Crippen LogP contribution < -0.4 is 10.6 Å². The van der Waals surface area contributed by atoms with Gasteiger partial charge in [0.1, 0.15) is 0 Å². The van der Waals surface area contributed by atoms with E-state index in [1.165, 1.54) is 0 Å². The van der Waals surface area contributed by atoms with Crippen molar-refractivity contribution in [3.8, 4) is 0 Å². The minimum absolute atomic E-state index is 0.0262. The van der Waals surface area contributed by atoms with Crippen LogP contribution in [0.1, 0.15) is 26.3 Å². The molecule has 0 spiro atoms. The van der Waals surface area contributed by atoms with Gasteiger partial charge in [0.25, 0.3) is 0 Å². The largest absolute Gasteiger partial charge is 0.350 e. The van der Waals surface area contributed by atoms with Crippen LogP contribution in [0.3, 0.4) is 0 Å². The van der Waals surface area contributed by atoms with Crippen molar-refractivity contribution in [2.24, 2.45) is 4.99 Å². The summed E-state index contributed by atoms with van der Waals surface area (Å²) in [6.45, 7) is 7.94. The zero-order chi connectivity index (χ0) is 20.0. The number of carbonyl (C=O) groups excluding carboxylic acids is 2. The van der Waals surface area contributed by atoms with Crippen molar-refractivity contribution in [2.45, 2.75) is 32.9 Å². The van der Waals surface area contributed by atoms with E-state index in [4.69, 9.17) is 11.6 Å². The number of guanidine groups is 1. The predicted octanol–water partition coefficient (Wildman–Crippen LogP) is 1.47. The van der Waals surface area contributed by atoms with Crippen molar-refractivity contribution in [2.75, 3.05) is 33.2 Å². The van der Waals surface area contributed by atoms with Crippen molar-refractivity contribution in [1.29, 1.82) is 0 Å². The van der Waals surface area contributed by atoms with Crippen LogP contribution in [0.15, 0.2) is 29.3 Å². The molecule has 1 aliphatic rings. The van der Waals surface area contributed by atoms with E-state index >= 15 is 0 Å². The molecule has 1 heterocycles. The molecule has 0 bridgehead atoms. The molecular weight excluding hydrogens is 366 g/mol. The number of piperazine rings is 1. The molecule has 1 fully saturated rings. The number of hydrogen-bond donors (Lipinski definition) is 2. The van der Waals surface area contributed by atoms with Crippen molar-refractivity contribution in [3.05, 3.63) is 34.9 Å².